The van der Waals surface area contributed by atoms with Crippen molar-refractivity contribution >= 4 is 21.6 Å². The highest BCUT2D eigenvalue weighted by Gasteiger charge is 2.25. The van der Waals surface area contributed by atoms with E-state index < -0.39 is 16.1 Å². The fraction of sp³-hybridized carbons (Fsp3) is 0.435. The van der Waals surface area contributed by atoms with Crippen molar-refractivity contribution in [2.24, 2.45) is 0 Å². The van der Waals surface area contributed by atoms with Gasteiger partial charge >= 0.3 is 0 Å². The van der Waals surface area contributed by atoms with Crippen LogP contribution < -0.4 is 10.1 Å². The number of hydrogen-bond acceptors (Lipinski definition) is 4. The highest BCUT2D eigenvalue weighted by atomic mass is 32.2. The molecule has 2 aromatic rings. The predicted molar refractivity (Wildman–Crippen MR) is 118 cm³/mol. The first-order valence-corrected chi connectivity index (χ1v) is 11.9. The van der Waals surface area contributed by atoms with Crippen LogP contribution in [0.2, 0.25) is 0 Å². The standard InChI is InChI=1S/C23H30N2O4S/c1-17-8-11-21(16-18(17)2)29-19(3)23(26)24-20-9-12-22(13-10-20)30(27,28)25-14-6-4-5-7-15-25/h8-13,16,19H,4-7,14-15H2,1-3H3,(H,24,26)/t19-/m0/s1. The Morgan fingerprint density at radius 3 is 2.20 bits per heavy atom. The van der Waals surface area contributed by atoms with Crippen molar-refractivity contribution in [3.8, 4) is 5.75 Å². The van der Waals surface area contributed by atoms with E-state index in [2.05, 4.69) is 5.32 Å². The van der Waals surface area contributed by atoms with Gasteiger partial charge in [-0.25, -0.2) is 8.42 Å². The Labute approximate surface area is 179 Å². The first-order valence-electron chi connectivity index (χ1n) is 10.4. The van der Waals surface area contributed by atoms with Crippen molar-refractivity contribution in [2.45, 2.75) is 57.5 Å². The average molecular weight is 431 g/mol. The Hall–Kier alpha value is -2.38. The molecule has 0 aromatic heterocycles. The van der Waals surface area contributed by atoms with Gasteiger partial charge in [-0.15, -0.1) is 0 Å². The maximum Gasteiger partial charge on any atom is 0.265 e. The summed E-state index contributed by atoms with van der Waals surface area (Å²) in [6, 6.07) is 12.0. The van der Waals surface area contributed by atoms with Gasteiger partial charge in [-0.3, -0.25) is 4.79 Å². The Bertz CT molecular complexity index is 979. The zero-order valence-corrected chi connectivity index (χ0v) is 18.7. The van der Waals surface area contributed by atoms with Crippen LogP contribution in [0, 0.1) is 13.8 Å². The van der Waals surface area contributed by atoms with Crippen molar-refractivity contribution in [1.82, 2.24) is 4.31 Å². The van der Waals surface area contributed by atoms with Crippen molar-refractivity contribution in [3.63, 3.8) is 0 Å². The second kappa shape index (κ2) is 9.62. The van der Waals surface area contributed by atoms with Crippen LogP contribution in [0.4, 0.5) is 5.69 Å². The first kappa shape index (κ1) is 22.3. The summed E-state index contributed by atoms with van der Waals surface area (Å²) in [7, 11) is -3.50. The Balaban J connectivity index is 1.62. The van der Waals surface area contributed by atoms with E-state index in [9.17, 15) is 13.2 Å². The summed E-state index contributed by atoms with van der Waals surface area (Å²) in [6.07, 6.45) is 3.24. The third-order valence-corrected chi connectivity index (χ3v) is 7.40. The quantitative estimate of drug-likeness (QED) is 0.742. The number of rotatable bonds is 6. The highest BCUT2D eigenvalue weighted by molar-refractivity contribution is 7.89. The van der Waals surface area contributed by atoms with Crippen LogP contribution in [0.1, 0.15) is 43.7 Å². The van der Waals surface area contributed by atoms with E-state index in [1.165, 1.54) is 0 Å². The van der Waals surface area contributed by atoms with Crippen LogP contribution in [0.3, 0.4) is 0 Å². The van der Waals surface area contributed by atoms with E-state index in [1.807, 2.05) is 32.0 Å². The number of carbonyl (C=O) groups is 1. The number of anilines is 1. The average Bonchev–Trinajstić information content (AvgIpc) is 3.01. The largest absolute Gasteiger partial charge is 0.481 e. The molecule has 1 aliphatic rings. The number of amides is 1. The molecule has 0 spiro atoms. The van der Waals surface area contributed by atoms with Crippen LogP contribution in [-0.2, 0) is 14.8 Å². The summed E-state index contributed by atoms with van der Waals surface area (Å²) in [4.78, 5) is 12.7. The van der Waals surface area contributed by atoms with Gasteiger partial charge in [-0.2, -0.15) is 4.31 Å². The lowest BCUT2D eigenvalue weighted by Crippen LogP contribution is -2.32. The molecular formula is C23H30N2O4S. The lowest BCUT2D eigenvalue weighted by atomic mass is 10.1. The summed E-state index contributed by atoms with van der Waals surface area (Å²) in [5.74, 6) is 0.344. The molecule has 1 atom stereocenters. The Morgan fingerprint density at radius 2 is 1.60 bits per heavy atom. The molecule has 0 radical (unpaired) electrons. The van der Waals surface area contributed by atoms with Crippen LogP contribution in [0.25, 0.3) is 0 Å². The van der Waals surface area contributed by atoms with Gasteiger partial charge in [0.2, 0.25) is 10.0 Å². The monoisotopic (exact) mass is 430 g/mol. The number of nitrogens with zero attached hydrogens (tertiary/aromatic N) is 1. The van der Waals surface area contributed by atoms with Gasteiger partial charge in [0.25, 0.3) is 5.91 Å². The fourth-order valence-electron chi connectivity index (χ4n) is 3.43. The van der Waals surface area contributed by atoms with Gasteiger partial charge in [0.05, 0.1) is 4.90 Å². The minimum atomic E-state index is -3.50. The third kappa shape index (κ3) is 5.40. The van der Waals surface area contributed by atoms with Crippen LogP contribution in [0.5, 0.6) is 5.75 Å². The third-order valence-electron chi connectivity index (χ3n) is 5.49. The number of benzene rings is 2. The fourth-order valence-corrected chi connectivity index (χ4v) is 4.95. The highest BCUT2D eigenvalue weighted by Crippen LogP contribution is 2.22. The summed E-state index contributed by atoms with van der Waals surface area (Å²) in [5, 5.41) is 2.78. The van der Waals surface area contributed by atoms with Crippen molar-refractivity contribution < 1.29 is 17.9 Å². The maximum absolute atomic E-state index is 12.9. The number of carbonyl (C=O) groups excluding carboxylic acids is 1. The lowest BCUT2D eigenvalue weighted by Gasteiger charge is -2.20. The van der Waals surface area contributed by atoms with E-state index in [0.717, 1.165) is 36.8 Å². The Kier molecular flexibility index (Phi) is 7.15. The first-order chi connectivity index (χ1) is 14.3. The van der Waals surface area contributed by atoms with E-state index >= 15 is 0 Å². The van der Waals surface area contributed by atoms with Crippen LogP contribution in [0.15, 0.2) is 47.4 Å². The zero-order valence-electron chi connectivity index (χ0n) is 17.8. The number of sulfonamides is 1. The van der Waals surface area contributed by atoms with E-state index in [1.54, 1.807) is 35.5 Å². The van der Waals surface area contributed by atoms with Gasteiger partial charge in [0.15, 0.2) is 6.10 Å². The van der Waals surface area contributed by atoms with Gasteiger partial charge in [0.1, 0.15) is 5.75 Å². The molecule has 7 heteroatoms. The van der Waals surface area contributed by atoms with Crippen molar-refractivity contribution in [1.29, 1.82) is 0 Å². The topological polar surface area (TPSA) is 75.7 Å². The summed E-state index contributed by atoms with van der Waals surface area (Å²) in [5.41, 5.74) is 2.79. The molecule has 30 heavy (non-hydrogen) atoms. The van der Waals surface area contributed by atoms with Gasteiger partial charge in [-0.1, -0.05) is 18.9 Å². The molecular weight excluding hydrogens is 400 g/mol. The SMILES string of the molecule is Cc1ccc(O[C@@H](C)C(=O)Nc2ccc(S(=O)(=O)N3CCCCCC3)cc2)cc1C. The molecule has 1 amide bonds. The van der Waals surface area contributed by atoms with Crippen LogP contribution >= 0.6 is 0 Å². The normalized spacial score (nSPS) is 16.5. The second-order valence-corrected chi connectivity index (χ2v) is 9.78. The maximum atomic E-state index is 12.9. The number of ether oxygens (including phenoxy) is 1. The molecule has 1 aliphatic heterocycles. The summed E-state index contributed by atoms with van der Waals surface area (Å²) in [6.45, 7) is 6.82. The van der Waals surface area contributed by atoms with E-state index in [4.69, 9.17) is 4.74 Å². The molecule has 1 saturated heterocycles. The Morgan fingerprint density at radius 1 is 0.967 bits per heavy atom. The smallest absolute Gasteiger partial charge is 0.265 e. The van der Waals surface area contributed by atoms with Gasteiger partial charge in [0, 0.05) is 18.8 Å². The minimum absolute atomic E-state index is 0.252. The van der Waals surface area contributed by atoms with Crippen LogP contribution in [-0.4, -0.2) is 37.8 Å². The molecule has 2 aromatic carbocycles. The molecule has 1 fully saturated rings. The molecule has 1 heterocycles. The van der Waals surface area contributed by atoms with Gasteiger partial charge in [-0.05, 0) is 81.1 Å². The lowest BCUT2D eigenvalue weighted by molar-refractivity contribution is -0.122. The van der Waals surface area contributed by atoms with E-state index in [0.29, 0.717) is 24.5 Å². The summed E-state index contributed by atoms with van der Waals surface area (Å²) < 4.78 is 33.0. The molecule has 162 valence electrons. The molecule has 0 saturated carbocycles. The molecule has 6 nitrogen and oxygen atoms in total. The predicted octanol–water partition coefficient (Wildman–Crippen LogP) is 4.27. The molecule has 0 aliphatic carbocycles. The van der Waals surface area contributed by atoms with Gasteiger partial charge < -0.3 is 10.1 Å². The number of nitrogens with one attached hydrogen (secondary N) is 1. The van der Waals surface area contributed by atoms with Crippen molar-refractivity contribution in [3.05, 3.63) is 53.6 Å². The molecule has 0 bridgehead atoms. The summed E-state index contributed by atoms with van der Waals surface area (Å²) >= 11 is 0. The number of aryl methyl sites for hydroxylation is 2. The second-order valence-electron chi connectivity index (χ2n) is 7.84. The molecule has 0 unspecified atom stereocenters. The molecule has 3 rings (SSSR count). The molecule has 1 N–H and O–H groups in total. The van der Waals surface area contributed by atoms with Crippen molar-refractivity contribution in [2.75, 3.05) is 18.4 Å². The zero-order chi connectivity index (χ0) is 21.7. The minimum Gasteiger partial charge on any atom is -0.481 e. The number of hydrogen-bond donors (Lipinski definition) is 1. The van der Waals surface area contributed by atoms with E-state index in [-0.39, 0.29) is 10.8 Å².